The van der Waals surface area contributed by atoms with Gasteiger partial charge < -0.3 is 10.1 Å². The molecule has 0 aliphatic heterocycles. The van der Waals surface area contributed by atoms with E-state index in [9.17, 15) is 13.2 Å². The molecule has 0 saturated heterocycles. The van der Waals surface area contributed by atoms with Gasteiger partial charge >= 0.3 is 0 Å². The number of aryl methyl sites for hydroxylation is 1. The maximum absolute atomic E-state index is 13.5. The molecular formula is C25H27ClN2O4S. The van der Waals surface area contributed by atoms with Crippen molar-refractivity contribution in [1.29, 1.82) is 0 Å². The molecule has 0 unspecified atom stereocenters. The van der Waals surface area contributed by atoms with Gasteiger partial charge in [0.25, 0.3) is 0 Å². The fraction of sp³-hybridized carbons (Fsp3) is 0.240. The summed E-state index contributed by atoms with van der Waals surface area (Å²) in [6.07, 6.45) is 0.479. The number of hydrogen-bond donors (Lipinski definition) is 1. The van der Waals surface area contributed by atoms with Crippen LogP contribution < -0.4 is 10.1 Å². The van der Waals surface area contributed by atoms with Crippen LogP contribution in [-0.2, 0) is 27.8 Å². The molecule has 0 spiro atoms. The van der Waals surface area contributed by atoms with Crippen molar-refractivity contribution < 1.29 is 17.9 Å². The largest absolute Gasteiger partial charge is 0.496 e. The molecule has 33 heavy (non-hydrogen) atoms. The van der Waals surface area contributed by atoms with Gasteiger partial charge in [0, 0.05) is 18.1 Å². The number of nitrogens with one attached hydrogen (secondary N) is 1. The first-order valence-corrected chi connectivity index (χ1v) is 12.3. The highest BCUT2D eigenvalue weighted by Gasteiger charge is 2.27. The monoisotopic (exact) mass is 486 g/mol. The van der Waals surface area contributed by atoms with E-state index in [4.69, 9.17) is 16.3 Å². The number of benzene rings is 3. The lowest BCUT2D eigenvalue weighted by Crippen LogP contribution is -2.41. The summed E-state index contributed by atoms with van der Waals surface area (Å²) in [6, 6.07) is 21.4. The molecule has 0 atom stereocenters. The number of sulfonamides is 1. The zero-order chi connectivity index (χ0) is 23.8. The summed E-state index contributed by atoms with van der Waals surface area (Å²) in [5.41, 5.74) is 2.45. The van der Waals surface area contributed by atoms with E-state index in [0.717, 1.165) is 11.1 Å². The van der Waals surface area contributed by atoms with Gasteiger partial charge in [0.05, 0.1) is 18.6 Å². The highest BCUT2D eigenvalue weighted by molar-refractivity contribution is 7.89. The Hall–Kier alpha value is -2.87. The van der Waals surface area contributed by atoms with Crippen LogP contribution in [0.2, 0.25) is 5.02 Å². The number of ether oxygens (including phenoxy) is 1. The summed E-state index contributed by atoms with van der Waals surface area (Å²) < 4.78 is 33.4. The maximum Gasteiger partial charge on any atom is 0.243 e. The standard InChI is InChI=1S/C25H27ClN2O4S/c1-19-16-22(12-13-24(19)32-2)33(30,31)28(15-14-20-8-4-3-5-9-20)18-25(29)27-17-21-10-6-7-11-23(21)26/h3-13,16H,14-15,17-18H2,1-2H3,(H,27,29). The van der Waals surface area contributed by atoms with E-state index in [0.29, 0.717) is 22.8 Å². The summed E-state index contributed by atoms with van der Waals surface area (Å²) in [7, 11) is -2.38. The molecule has 0 aliphatic carbocycles. The van der Waals surface area contributed by atoms with E-state index < -0.39 is 15.9 Å². The van der Waals surface area contributed by atoms with Crippen LogP contribution in [0.1, 0.15) is 16.7 Å². The minimum absolute atomic E-state index is 0.118. The van der Waals surface area contributed by atoms with Crippen molar-refractivity contribution >= 4 is 27.5 Å². The molecule has 1 amide bonds. The second-order valence-corrected chi connectivity index (χ2v) is 9.92. The van der Waals surface area contributed by atoms with Gasteiger partial charge in [-0.05, 0) is 54.3 Å². The molecule has 0 saturated carbocycles. The average Bonchev–Trinajstić information content (AvgIpc) is 2.81. The summed E-state index contributed by atoms with van der Waals surface area (Å²) in [6.45, 7) is 1.86. The molecular weight excluding hydrogens is 460 g/mol. The molecule has 6 nitrogen and oxygen atoms in total. The Morgan fingerprint density at radius 1 is 1.03 bits per heavy atom. The fourth-order valence-corrected chi connectivity index (χ4v) is 5.08. The molecule has 0 bridgehead atoms. The number of hydrogen-bond acceptors (Lipinski definition) is 4. The lowest BCUT2D eigenvalue weighted by Gasteiger charge is -2.22. The first-order chi connectivity index (χ1) is 15.8. The van der Waals surface area contributed by atoms with Gasteiger partial charge in [-0.3, -0.25) is 4.79 Å². The van der Waals surface area contributed by atoms with Crippen molar-refractivity contribution in [3.05, 3.63) is 94.5 Å². The van der Waals surface area contributed by atoms with Gasteiger partial charge in [-0.2, -0.15) is 4.31 Å². The van der Waals surface area contributed by atoms with Gasteiger partial charge in [-0.1, -0.05) is 60.1 Å². The van der Waals surface area contributed by atoms with Gasteiger partial charge in [-0.15, -0.1) is 0 Å². The van der Waals surface area contributed by atoms with E-state index >= 15 is 0 Å². The summed E-state index contributed by atoms with van der Waals surface area (Å²) in [5.74, 6) is 0.194. The van der Waals surface area contributed by atoms with Crippen LogP contribution in [0, 0.1) is 6.92 Å². The first kappa shape index (κ1) is 24.8. The molecule has 3 aromatic rings. The quantitative estimate of drug-likeness (QED) is 0.466. The molecule has 0 aromatic heterocycles. The Morgan fingerprint density at radius 2 is 1.73 bits per heavy atom. The number of rotatable bonds is 10. The van der Waals surface area contributed by atoms with Crippen molar-refractivity contribution in [3.63, 3.8) is 0 Å². The Labute approximate surface area is 200 Å². The van der Waals surface area contributed by atoms with Crippen molar-refractivity contribution in [2.45, 2.75) is 24.8 Å². The van der Waals surface area contributed by atoms with E-state index in [1.54, 1.807) is 25.1 Å². The smallest absolute Gasteiger partial charge is 0.243 e. The zero-order valence-corrected chi connectivity index (χ0v) is 20.2. The number of amides is 1. The third kappa shape index (κ3) is 6.57. The van der Waals surface area contributed by atoms with Crippen LogP contribution in [0.3, 0.4) is 0 Å². The van der Waals surface area contributed by atoms with Crippen molar-refractivity contribution in [2.24, 2.45) is 0 Å². The third-order valence-corrected chi connectivity index (χ3v) is 7.46. The minimum atomic E-state index is -3.91. The Balaban J connectivity index is 1.79. The topological polar surface area (TPSA) is 75.7 Å². The lowest BCUT2D eigenvalue weighted by molar-refractivity contribution is -0.121. The third-order valence-electron chi connectivity index (χ3n) is 5.25. The van der Waals surface area contributed by atoms with Gasteiger partial charge in [0.2, 0.25) is 15.9 Å². The molecule has 3 aromatic carbocycles. The number of nitrogens with zero attached hydrogens (tertiary/aromatic N) is 1. The van der Waals surface area contributed by atoms with Gasteiger partial charge in [0.15, 0.2) is 0 Å². The highest BCUT2D eigenvalue weighted by Crippen LogP contribution is 2.24. The molecule has 8 heteroatoms. The Kier molecular flexibility index (Phi) is 8.49. The van der Waals surface area contributed by atoms with Crippen molar-refractivity contribution in [2.75, 3.05) is 20.2 Å². The SMILES string of the molecule is COc1ccc(S(=O)(=O)N(CCc2ccccc2)CC(=O)NCc2ccccc2Cl)cc1C. The highest BCUT2D eigenvalue weighted by atomic mass is 35.5. The molecule has 0 fully saturated rings. The fourth-order valence-electron chi connectivity index (χ4n) is 3.39. The van der Waals surface area contributed by atoms with Crippen LogP contribution >= 0.6 is 11.6 Å². The van der Waals surface area contributed by atoms with Crippen molar-refractivity contribution in [3.8, 4) is 5.75 Å². The maximum atomic E-state index is 13.5. The number of halogens is 1. The summed E-state index contributed by atoms with van der Waals surface area (Å²) in [4.78, 5) is 12.8. The van der Waals surface area contributed by atoms with Crippen LogP contribution in [-0.4, -0.2) is 38.8 Å². The van der Waals surface area contributed by atoms with Crippen LogP contribution in [0.5, 0.6) is 5.75 Å². The van der Waals surface area contributed by atoms with Crippen LogP contribution in [0.25, 0.3) is 0 Å². The second-order valence-electron chi connectivity index (χ2n) is 7.57. The Bertz CT molecular complexity index is 1200. The molecule has 174 valence electrons. The van der Waals surface area contributed by atoms with Gasteiger partial charge in [0.1, 0.15) is 5.75 Å². The van der Waals surface area contributed by atoms with E-state index in [2.05, 4.69) is 5.32 Å². The molecule has 1 N–H and O–H groups in total. The summed E-state index contributed by atoms with van der Waals surface area (Å²) in [5, 5.41) is 3.31. The number of methoxy groups -OCH3 is 1. The van der Waals surface area contributed by atoms with Crippen LogP contribution in [0.15, 0.2) is 77.7 Å². The normalized spacial score (nSPS) is 11.4. The van der Waals surface area contributed by atoms with E-state index in [1.807, 2.05) is 48.5 Å². The molecule has 0 radical (unpaired) electrons. The van der Waals surface area contributed by atoms with Crippen LogP contribution in [0.4, 0.5) is 0 Å². The average molecular weight is 487 g/mol. The minimum Gasteiger partial charge on any atom is -0.496 e. The molecule has 0 aliphatic rings. The zero-order valence-electron chi connectivity index (χ0n) is 18.6. The Morgan fingerprint density at radius 3 is 2.39 bits per heavy atom. The summed E-state index contributed by atoms with van der Waals surface area (Å²) >= 11 is 6.16. The first-order valence-electron chi connectivity index (χ1n) is 10.5. The molecule has 3 rings (SSSR count). The second kappa shape index (κ2) is 11.3. The van der Waals surface area contributed by atoms with E-state index in [1.165, 1.54) is 17.5 Å². The van der Waals surface area contributed by atoms with E-state index in [-0.39, 0.29) is 24.5 Å². The van der Waals surface area contributed by atoms with Gasteiger partial charge in [-0.25, -0.2) is 8.42 Å². The van der Waals surface area contributed by atoms with Crippen molar-refractivity contribution in [1.82, 2.24) is 9.62 Å². The number of carbonyl (C=O) groups excluding carboxylic acids is 1. The lowest BCUT2D eigenvalue weighted by atomic mass is 10.1. The number of carbonyl (C=O) groups is 1. The molecule has 0 heterocycles. The predicted molar refractivity (Wildman–Crippen MR) is 130 cm³/mol. The predicted octanol–water partition coefficient (Wildman–Crippen LogP) is 4.21.